The molecule has 0 fully saturated rings. The molecule has 2 aromatic rings. The second-order valence-corrected chi connectivity index (χ2v) is 6.56. The molecule has 0 bridgehead atoms. The number of benzene rings is 1. The first-order valence-electron chi connectivity index (χ1n) is 9.29. The molecule has 0 radical (unpaired) electrons. The number of aromatic amines is 1. The van der Waals surface area contributed by atoms with Crippen molar-refractivity contribution in [1.82, 2.24) is 4.98 Å². The highest BCUT2D eigenvalue weighted by Gasteiger charge is 2.04. The molecule has 0 atom stereocenters. The highest BCUT2D eigenvalue weighted by atomic mass is 16.5. The normalized spacial score (nSPS) is 14.6. The fourth-order valence-electron chi connectivity index (χ4n) is 2.92. The Morgan fingerprint density at radius 3 is 2.89 bits per heavy atom. The first kappa shape index (κ1) is 18.8. The molecule has 0 spiro atoms. The molecule has 4 nitrogen and oxygen atoms in total. The predicted molar refractivity (Wildman–Crippen MR) is 109 cm³/mol. The Hall–Kier alpha value is -3.01. The van der Waals surface area contributed by atoms with E-state index in [1.54, 1.807) is 19.1 Å². The Balaban J connectivity index is 1.66. The van der Waals surface area contributed by atoms with Gasteiger partial charge >= 0.3 is 0 Å². The van der Waals surface area contributed by atoms with Crippen LogP contribution in [0, 0.1) is 6.92 Å². The van der Waals surface area contributed by atoms with Crippen LogP contribution in [-0.2, 0) is 17.8 Å². The Morgan fingerprint density at radius 1 is 1.30 bits per heavy atom. The van der Waals surface area contributed by atoms with Crippen LogP contribution in [0.25, 0.3) is 6.08 Å². The van der Waals surface area contributed by atoms with Crippen molar-refractivity contribution in [3.63, 3.8) is 0 Å². The maximum Gasteiger partial charge on any atom is 0.161 e. The van der Waals surface area contributed by atoms with Crippen LogP contribution in [0.3, 0.4) is 0 Å². The van der Waals surface area contributed by atoms with Crippen molar-refractivity contribution in [2.75, 3.05) is 6.54 Å². The first-order valence-corrected chi connectivity index (χ1v) is 9.29. The van der Waals surface area contributed by atoms with Crippen molar-refractivity contribution in [1.29, 1.82) is 0 Å². The van der Waals surface area contributed by atoms with Gasteiger partial charge < -0.3 is 14.8 Å². The van der Waals surface area contributed by atoms with Gasteiger partial charge in [-0.2, -0.15) is 0 Å². The molecule has 3 rings (SSSR count). The highest BCUT2D eigenvalue weighted by molar-refractivity contribution is 5.31. The molecule has 0 aliphatic carbocycles. The third-order valence-electron chi connectivity index (χ3n) is 4.49. The number of hydrogen-bond donors (Lipinski definition) is 2. The zero-order chi connectivity index (χ0) is 19.1. The molecule has 27 heavy (non-hydrogen) atoms. The third kappa shape index (κ3) is 5.00. The van der Waals surface area contributed by atoms with Crippen molar-refractivity contribution >= 4 is 6.08 Å². The van der Waals surface area contributed by atoms with Crippen molar-refractivity contribution < 1.29 is 9.84 Å². The summed E-state index contributed by atoms with van der Waals surface area (Å²) in [5.74, 6) is 0.602. The van der Waals surface area contributed by atoms with Gasteiger partial charge in [0.15, 0.2) is 11.5 Å². The van der Waals surface area contributed by atoms with Crippen molar-refractivity contribution in [3.05, 3.63) is 93.7 Å². The number of aliphatic hydroxyl groups is 1. The molecule has 140 valence electrons. The van der Waals surface area contributed by atoms with Gasteiger partial charge in [-0.1, -0.05) is 48.1 Å². The Morgan fingerprint density at radius 2 is 2.11 bits per heavy atom. The van der Waals surface area contributed by atoms with E-state index in [-0.39, 0.29) is 5.76 Å². The lowest BCUT2D eigenvalue weighted by atomic mass is 10.1. The number of allylic oxidation sites excluding steroid dienone is 4. The Labute approximate surface area is 159 Å². The van der Waals surface area contributed by atoms with E-state index in [1.807, 2.05) is 24.4 Å². The first-order chi connectivity index (χ1) is 13.2. The van der Waals surface area contributed by atoms with E-state index in [9.17, 15) is 5.11 Å². The number of hydrogen-bond acceptors (Lipinski definition) is 3. The number of rotatable bonds is 7. The van der Waals surface area contributed by atoms with Crippen LogP contribution in [0.15, 0.2) is 71.3 Å². The minimum atomic E-state index is 0.137. The maximum atomic E-state index is 10.1. The van der Waals surface area contributed by atoms with E-state index >= 15 is 0 Å². The summed E-state index contributed by atoms with van der Waals surface area (Å²) in [5, 5.41) is 11.3. The topological polar surface area (TPSA) is 57.6 Å². The number of fused-ring (bicyclic) bond motifs is 1. The van der Waals surface area contributed by atoms with Gasteiger partial charge in [-0.3, -0.25) is 4.99 Å². The van der Waals surface area contributed by atoms with Gasteiger partial charge in [0, 0.05) is 18.0 Å². The van der Waals surface area contributed by atoms with Gasteiger partial charge in [0.05, 0.1) is 0 Å². The number of H-pyrrole nitrogens is 1. The van der Waals surface area contributed by atoms with Crippen LogP contribution < -0.4 is 10.7 Å². The van der Waals surface area contributed by atoms with E-state index in [4.69, 9.17) is 4.74 Å². The molecule has 4 heteroatoms. The number of aliphatic hydroxyl groups excluding tert-OH is 1. The average Bonchev–Trinajstić information content (AvgIpc) is 3.11. The summed E-state index contributed by atoms with van der Waals surface area (Å²) in [7, 11) is 0. The minimum absolute atomic E-state index is 0.137. The zero-order valence-electron chi connectivity index (χ0n) is 15.9. The summed E-state index contributed by atoms with van der Waals surface area (Å²) in [6.07, 6.45) is 13.5. The molecule has 1 aromatic heterocycles. The molecule has 0 amide bonds. The highest BCUT2D eigenvalue weighted by Crippen LogP contribution is 2.13. The van der Waals surface area contributed by atoms with Crippen molar-refractivity contribution in [2.24, 2.45) is 4.99 Å². The van der Waals surface area contributed by atoms with Gasteiger partial charge in [-0.15, -0.1) is 0 Å². The van der Waals surface area contributed by atoms with Crippen LogP contribution in [0.2, 0.25) is 0 Å². The molecule has 0 saturated carbocycles. The van der Waals surface area contributed by atoms with Crippen LogP contribution >= 0.6 is 0 Å². The summed E-state index contributed by atoms with van der Waals surface area (Å²) < 4.78 is 5.81. The Kier molecular flexibility index (Phi) is 6.31. The van der Waals surface area contributed by atoms with Crippen molar-refractivity contribution in [2.45, 2.75) is 33.3 Å². The maximum absolute atomic E-state index is 10.1. The fraction of sp³-hybridized carbons (Fsp3) is 0.261. The van der Waals surface area contributed by atoms with Crippen LogP contribution in [-0.4, -0.2) is 16.6 Å². The fourth-order valence-corrected chi connectivity index (χ4v) is 2.92. The van der Waals surface area contributed by atoms with Crippen LogP contribution in [0.5, 0.6) is 0 Å². The number of aryl methyl sites for hydroxylation is 1. The standard InChI is InChI=1S/C23H26N2O2/c1-3-21(26)22(27-16-18-12-10-17(2)11-13-18)9-5-4-7-19-15-25-23-20(19)8-6-14-24-23/h3-5,8-13,15,26H,6-7,14,16H2,1-2H3,(H,24,25)/b5-4+,21-3+,22-9+. The summed E-state index contributed by atoms with van der Waals surface area (Å²) in [4.78, 5) is 7.70. The number of ether oxygens (including phenoxy) is 1. The van der Waals surface area contributed by atoms with Crippen LogP contribution in [0.4, 0.5) is 0 Å². The van der Waals surface area contributed by atoms with Gasteiger partial charge in [0.1, 0.15) is 12.1 Å². The quantitative estimate of drug-likeness (QED) is 0.582. The number of nitrogens with zero attached hydrogens (tertiary/aromatic N) is 1. The number of nitrogens with one attached hydrogen (secondary N) is 1. The molecule has 0 unspecified atom stereocenters. The monoisotopic (exact) mass is 362 g/mol. The van der Waals surface area contributed by atoms with E-state index in [0.29, 0.717) is 12.4 Å². The van der Waals surface area contributed by atoms with Gasteiger partial charge in [0.25, 0.3) is 0 Å². The van der Waals surface area contributed by atoms with Gasteiger partial charge in [0.2, 0.25) is 0 Å². The smallest absolute Gasteiger partial charge is 0.161 e. The van der Waals surface area contributed by atoms with E-state index in [1.165, 1.54) is 16.3 Å². The second-order valence-electron chi connectivity index (χ2n) is 6.56. The van der Waals surface area contributed by atoms with Gasteiger partial charge in [-0.05, 0) is 50.0 Å². The summed E-state index contributed by atoms with van der Waals surface area (Å²) in [6.45, 7) is 5.11. The van der Waals surface area contributed by atoms with E-state index < -0.39 is 0 Å². The van der Waals surface area contributed by atoms with Crippen molar-refractivity contribution in [3.8, 4) is 0 Å². The van der Waals surface area contributed by atoms with E-state index in [0.717, 1.165) is 30.4 Å². The average molecular weight is 362 g/mol. The Bertz CT molecular complexity index is 976. The molecule has 1 aliphatic rings. The summed E-state index contributed by atoms with van der Waals surface area (Å²) >= 11 is 0. The molecule has 1 aromatic carbocycles. The summed E-state index contributed by atoms with van der Waals surface area (Å²) in [6, 6.07) is 8.18. The minimum Gasteiger partial charge on any atom is -0.504 e. The predicted octanol–water partition coefficient (Wildman–Crippen LogP) is 3.79. The molecule has 2 N–H and O–H groups in total. The largest absolute Gasteiger partial charge is 0.504 e. The van der Waals surface area contributed by atoms with Gasteiger partial charge in [-0.25, -0.2) is 0 Å². The molecular formula is C23H26N2O2. The summed E-state index contributed by atoms with van der Waals surface area (Å²) in [5.41, 5.74) is 4.49. The lowest BCUT2D eigenvalue weighted by Gasteiger charge is -2.09. The zero-order valence-corrected chi connectivity index (χ0v) is 15.9. The molecular weight excluding hydrogens is 336 g/mol. The lowest BCUT2D eigenvalue weighted by Crippen LogP contribution is -2.28. The second kappa shape index (κ2) is 9.08. The molecule has 0 saturated heterocycles. The molecule has 2 heterocycles. The SMILES string of the molecule is C\C=C(O)/C(=C\C=C\Cc1c[nH]c2c1=CCCN=2)OCc1ccc(C)cc1. The molecule has 1 aliphatic heterocycles. The lowest BCUT2D eigenvalue weighted by molar-refractivity contribution is 0.182. The third-order valence-corrected chi connectivity index (χ3v) is 4.49. The number of aromatic nitrogens is 1. The van der Waals surface area contributed by atoms with E-state index in [2.05, 4.69) is 41.2 Å². The van der Waals surface area contributed by atoms with Crippen LogP contribution in [0.1, 0.15) is 30.0 Å².